The molecule has 1 amide bonds. The third-order valence-electron chi connectivity index (χ3n) is 2.25. The lowest BCUT2D eigenvalue weighted by Crippen LogP contribution is -2.47. The summed E-state index contributed by atoms with van der Waals surface area (Å²) < 4.78 is 27.3. The Hall–Kier alpha value is -0.660. The predicted molar refractivity (Wildman–Crippen MR) is 59.4 cm³/mol. The summed E-state index contributed by atoms with van der Waals surface area (Å²) in [4.78, 5) is 11.9. The summed E-state index contributed by atoms with van der Waals surface area (Å²) in [6, 6.07) is 0. The number of nitrogens with one attached hydrogen (secondary N) is 1. The van der Waals surface area contributed by atoms with Crippen molar-refractivity contribution in [3.63, 3.8) is 0 Å². The summed E-state index contributed by atoms with van der Waals surface area (Å²) >= 11 is 0. The largest absolute Gasteiger partial charge is 0.378 e. The molecule has 1 heterocycles. The Labute approximate surface area is 95.8 Å². The number of amides is 1. The Morgan fingerprint density at radius 1 is 1.50 bits per heavy atom. The van der Waals surface area contributed by atoms with E-state index in [1.54, 1.807) is 6.92 Å². The van der Waals surface area contributed by atoms with Gasteiger partial charge in [-0.2, -0.15) is 0 Å². The van der Waals surface area contributed by atoms with Crippen molar-refractivity contribution in [1.29, 1.82) is 0 Å². The summed E-state index contributed by atoms with van der Waals surface area (Å²) in [6.07, 6.45) is 1.13. The summed E-state index contributed by atoms with van der Waals surface area (Å²) in [5.74, 6) is -0.846. The molecule has 0 spiro atoms. The zero-order chi connectivity index (χ0) is 12.2. The van der Waals surface area contributed by atoms with Crippen LogP contribution in [0, 0.1) is 5.92 Å². The summed E-state index contributed by atoms with van der Waals surface area (Å²) in [7, 11) is -3.12. The third kappa shape index (κ3) is 4.46. The van der Waals surface area contributed by atoms with E-state index in [1.807, 2.05) is 0 Å². The van der Waals surface area contributed by atoms with Crippen LogP contribution in [0.5, 0.6) is 0 Å². The van der Waals surface area contributed by atoms with E-state index in [2.05, 4.69) is 5.43 Å². The summed E-state index contributed by atoms with van der Waals surface area (Å²) in [6.45, 7) is 3.68. The van der Waals surface area contributed by atoms with Crippen LogP contribution in [0.4, 0.5) is 0 Å². The Morgan fingerprint density at radius 2 is 2.19 bits per heavy atom. The monoisotopic (exact) mass is 250 g/mol. The first kappa shape index (κ1) is 13.4. The van der Waals surface area contributed by atoms with E-state index in [9.17, 15) is 13.2 Å². The molecule has 1 aliphatic rings. The number of nitrogens with zero attached hydrogens (tertiary/aromatic N) is 1. The van der Waals surface area contributed by atoms with Gasteiger partial charge in [-0.15, -0.1) is 0 Å². The molecule has 7 heteroatoms. The molecule has 0 aromatic heterocycles. The highest BCUT2D eigenvalue weighted by Gasteiger charge is 2.24. The number of hydrogen-bond donors (Lipinski definition) is 1. The zero-order valence-electron chi connectivity index (χ0n) is 9.60. The number of carbonyl (C=O) groups excluding carboxylic acids is 1. The van der Waals surface area contributed by atoms with Gasteiger partial charge in [-0.3, -0.25) is 9.80 Å². The van der Waals surface area contributed by atoms with Crippen LogP contribution in [0.15, 0.2) is 0 Å². The third-order valence-corrected chi connectivity index (χ3v) is 3.35. The van der Waals surface area contributed by atoms with Crippen molar-refractivity contribution in [2.75, 3.05) is 38.3 Å². The van der Waals surface area contributed by atoms with Crippen molar-refractivity contribution < 1.29 is 17.9 Å². The Bertz CT molecular complexity index is 333. The molecular formula is C9H18N2O4S. The van der Waals surface area contributed by atoms with Gasteiger partial charge in [0, 0.05) is 12.8 Å². The van der Waals surface area contributed by atoms with Crippen LogP contribution in [-0.2, 0) is 19.4 Å². The fraction of sp³-hybridized carbons (Fsp3) is 0.889. The minimum Gasteiger partial charge on any atom is -0.378 e. The molecule has 0 aromatic carbocycles. The molecule has 0 saturated carbocycles. The van der Waals surface area contributed by atoms with E-state index in [0.717, 1.165) is 6.26 Å². The average molecular weight is 250 g/mol. The molecule has 6 nitrogen and oxygen atoms in total. The minimum atomic E-state index is -3.12. The van der Waals surface area contributed by atoms with E-state index in [4.69, 9.17) is 4.74 Å². The first-order valence-electron chi connectivity index (χ1n) is 5.20. The van der Waals surface area contributed by atoms with Crippen LogP contribution in [-0.4, -0.2) is 57.6 Å². The van der Waals surface area contributed by atoms with Crippen molar-refractivity contribution in [3.05, 3.63) is 0 Å². The van der Waals surface area contributed by atoms with Gasteiger partial charge in [-0.05, 0) is 0 Å². The molecular weight excluding hydrogens is 232 g/mol. The SMILES string of the molecule is CC(CS(C)(=O)=O)C(=O)N1CCOCCN1. The Kier molecular flexibility index (Phi) is 4.69. The first-order valence-corrected chi connectivity index (χ1v) is 7.26. The number of rotatable bonds is 3. The molecule has 1 unspecified atom stereocenters. The minimum absolute atomic E-state index is 0.120. The number of hydrazine groups is 1. The van der Waals surface area contributed by atoms with Gasteiger partial charge < -0.3 is 4.74 Å². The molecule has 1 N–H and O–H groups in total. The molecule has 0 aliphatic carbocycles. The maximum Gasteiger partial charge on any atom is 0.240 e. The lowest BCUT2D eigenvalue weighted by molar-refractivity contribution is -0.137. The van der Waals surface area contributed by atoms with Crippen LogP contribution in [0.2, 0.25) is 0 Å². The van der Waals surface area contributed by atoms with Crippen LogP contribution < -0.4 is 5.43 Å². The van der Waals surface area contributed by atoms with Gasteiger partial charge in [0.2, 0.25) is 5.91 Å². The molecule has 1 rings (SSSR count). The standard InChI is InChI=1S/C9H18N2O4S/c1-8(7-16(2,13)14)9(12)11-4-6-15-5-3-10-11/h8,10H,3-7H2,1-2H3. The molecule has 0 aromatic rings. The fourth-order valence-electron chi connectivity index (χ4n) is 1.57. The van der Waals surface area contributed by atoms with Crippen molar-refractivity contribution in [1.82, 2.24) is 10.4 Å². The maximum absolute atomic E-state index is 11.9. The van der Waals surface area contributed by atoms with Crippen LogP contribution in [0.25, 0.3) is 0 Å². The Morgan fingerprint density at radius 3 is 2.81 bits per heavy atom. The number of sulfone groups is 1. The molecule has 0 bridgehead atoms. The van der Waals surface area contributed by atoms with Crippen LogP contribution in [0.1, 0.15) is 6.92 Å². The highest BCUT2D eigenvalue weighted by Crippen LogP contribution is 2.05. The van der Waals surface area contributed by atoms with Crippen molar-refractivity contribution in [2.45, 2.75) is 6.92 Å². The van der Waals surface area contributed by atoms with Gasteiger partial charge in [-0.25, -0.2) is 13.8 Å². The van der Waals surface area contributed by atoms with Gasteiger partial charge in [0.15, 0.2) is 0 Å². The summed E-state index contributed by atoms with van der Waals surface area (Å²) in [5.41, 5.74) is 2.91. The zero-order valence-corrected chi connectivity index (χ0v) is 10.4. The molecule has 16 heavy (non-hydrogen) atoms. The van der Waals surface area contributed by atoms with Crippen LogP contribution >= 0.6 is 0 Å². The normalized spacial score (nSPS) is 20.2. The quantitative estimate of drug-likeness (QED) is 0.697. The second kappa shape index (κ2) is 5.60. The Balaban J connectivity index is 2.54. The van der Waals surface area contributed by atoms with E-state index in [-0.39, 0.29) is 11.7 Å². The lowest BCUT2D eigenvalue weighted by atomic mass is 10.2. The van der Waals surface area contributed by atoms with Gasteiger partial charge in [0.1, 0.15) is 9.84 Å². The molecule has 0 radical (unpaired) electrons. The second-order valence-electron chi connectivity index (χ2n) is 4.00. The number of hydrogen-bond acceptors (Lipinski definition) is 5. The van der Waals surface area contributed by atoms with Crippen LogP contribution in [0.3, 0.4) is 0 Å². The van der Waals surface area contributed by atoms with E-state index in [1.165, 1.54) is 5.01 Å². The fourth-order valence-corrected chi connectivity index (χ4v) is 2.62. The average Bonchev–Trinajstić information content (AvgIpc) is 2.41. The lowest BCUT2D eigenvalue weighted by Gasteiger charge is -2.23. The molecule has 1 fully saturated rings. The number of ether oxygens (including phenoxy) is 1. The van der Waals surface area contributed by atoms with Gasteiger partial charge in [-0.1, -0.05) is 6.92 Å². The smallest absolute Gasteiger partial charge is 0.240 e. The van der Waals surface area contributed by atoms with Crippen molar-refractivity contribution in [3.8, 4) is 0 Å². The van der Waals surface area contributed by atoms with Crippen molar-refractivity contribution in [2.24, 2.45) is 5.92 Å². The maximum atomic E-state index is 11.9. The topological polar surface area (TPSA) is 75.7 Å². The predicted octanol–water partition coefficient (Wildman–Crippen LogP) is -0.969. The number of carbonyl (C=O) groups is 1. The highest BCUT2D eigenvalue weighted by molar-refractivity contribution is 7.90. The van der Waals surface area contributed by atoms with Gasteiger partial charge >= 0.3 is 0 Å². The molecule has 1 saturated heterocycles. The van der Waals surface area contributed by atoms with E-state index in [0.29, 0.717) is 26.3 Å². The molecule has 94 valence electrons. The molecule has 1 aliphatic heterocycles. The molecule has 1 atom stereocenters. The van der Waals surface area contributed by atoms with Gasteiger partial charge in [0.25, 0.3) is 0 Å². The first-order chi connectivity index (χ1) is 7.40. The highest BCUT2D eigenvalue weighted by atomic mass is 32.2. The van der Waals surface area contributed by atoms with E-state index < -0.39 is 15.8 Å². The van der Waals surface area contributed by atoms with E-state index >= 15 is 0 Å². The van der Waals surface area contributed by atoms with Gasteiger partial charge in [0.05, 0.1) is 31.4 Å². The summed E-state index contributed by atoms with van der Waals surface area (Å²) in [5, 5.41) is 1.45. The van der Waals surface area contributed by atoms with Crippen molar-refractivity contribution >= 4 is 15.7 Å². The second-order valence-corrected chi connectivity index (χ2v) is 6.19.